The van der Waals surface area contributed by atoms with Gasteiger partial charge in [0, 0.05) is 18.0 Å². The fourth-order valence-electron chi connectivity index (χ4n) is 3.10. The maximum Gasteiger partial charge on any atom is 0.309 e. The third kappa shape index (κ3) is 5.65. The molecule has 1 fully saturated rings. The van der Waals surface area contributed by atoms with Gasteiger partial charge in [-0.25, -0.2) is 8.42 Å². The molecule has 9 heteroatoms. The van der Waals surface area contributed by atoms with Crippen LogP contribution in [0.25, 0.3) is 0 Å². The molecule has 0 aliphatic carbocycles. The van der Waals surface area contributed by atoms with Crippen LogP contribution in [0.3, 0.4) is 0 Å². The van der Waals surface area contributed by atoms with Gasteiger partial charge in [-0.3, -0.25) is 9.59 Å². The van der Waals surface area contributed by atoms with E-state index in [9.17, 15) is 18.0 Å². The number of sulfonamides is 1. The number of esters is 1. The highest BCUT2D eigenvalue weighted by atomic mass is 32.2. The number of rotatable bonds is 7. The summed E-state index contributed by atoms with van der Waals surface area (Å²) < 4.78 is 31.9. The van der Waals surface area contributed by atoms with Gasteiger partial charge in [-0.2, -0.15) is 4.31 Å². The fourth-order valence-corrected chi connectivity index (χ4v) is 5.21. The summed E-state index contributed by atoms with van der Waals surface area (Å²) in [7, 11) is -3.56. The molecule has 0 atom stereocenters. The summed E-state index contributed by atoms with van der Waals surface area (Å²) in [5.41, 5.74) is 0.991. The summed E-state index contributed by atoms with van der Waals surface area (Å²) in [6.45, 7) is 2.48. The maximum atomic E-state index is 12.7. The Morgan fingerprint density at radius 1 is 1.17 bits per heavy atom. The Kier molecular flexibility index (Phi) is 7.05. The summed E-state index contributed by atoms with van der Waals surface area (Å²) in [5.74, 6) is -1.21. The van der Waals surface area contributed by atoms with Crippen LogP contribution in [-0.4, -0.2) is 44.3 Å². The molecule has 156 valence electrons. The molecule has 1 aromatic carbocycles. The Labute approximate surface area is 174 Å². The highest BCUT2D eigenvalue weighted by Crippen LogP contribution is 2.24. The number of hydrogen-bond donors (Lipinski definition) is 1. The highest BCUT2D eigenvalue weighted by Gasteiger charge is 2.32. The summed E-state index contributed by atoms with van der Waals surface area (Å²) >= 11 is 1.54. The molecular weight excluding hydrogens is 412 g/mol. The predicted molar refractivity (Wildman–Crippen MR) is 110 cm³/mol. The number of carbonyl (C=O) groups excluding carboxylic acids is 2. The number of thiophene rings is 1. The van der Waals surface area contributed by atoms with Gasteiger partial charge in [0.1, 0.15) is 0 Å². The van der Waals surface area contributed by atoms with Crippen LogP contribution in [-0.2, 0) is 30.9 Å². The Balaban J connectivity index is 1.44. The maximum absolute atomic E-state index is 12.7. The lowest BCUT2D eigenvalue weighted by Gasteiger charge is -2.30. The molecule has 1 aliphatic rings. The van der Waals surface area contributed by atoms with Gasteiger partial charge < -0.3 is 10.1 Å². The third-order valence-corrected chi connectivity index (χ3v) is 7.62. The molecule has 1 amide bonds. The Morgan fingerprint density at radius 2 is 1.86 bits per heavy atom. The van der Waals surface area contributed by atoms with Crippen molar-refractivity contribution in [3.8, 4) is 0 Å². The van der Waals surface area contributed by atoms with E-state index >= 15 is 0 Å². The summed E-state index contributed by atoms with van der Waals surface area (Å²) in [6.07, 6.45) is 0.751. The van der Waals surface area contributed by atoms with Crippen LogP contribution in [0.1, 0.15) is 23.3 Å². The van der Waals surface area contributed by atoms with Crippen molar-refractivity contribution in [3.05, 3.63) is 52.2 Å². The van der Waals surface area contributed by atoms with E-state index in [4.69, 9.17) is 4.74 Å². The monoisotopic (exact) mass is 436 g/mol. The number of nitrogens with zero attached hydrogens (tertiary/aromatic N) is 1. The standard InChI is InChI=1S/C20H24N2O5S2/c1-15-4-6-18(7-5-15)29(25,26)22-10-8-16(9-11-22)20(24)27-14-19(23)21-13-17-3-2-12-28-17/h2-7,12,16H,8-11,13-14H2,1H3,(H,21,23). The van der Waals surface area contributed by atoms with Gasteiger partial charge in [0.2, 0.25) is 10.0 Å². The van der Waals surface area contributed by atoms with Gasteiger partial charge in [0.15, 0.2) is 6.61 Å². The summed E-state index contributed by atoms with van der Waals surface area (Å²) in [5, 5.41) is 4.62. The molecule has 7 nitrogen and oxygen atoms in total. The number of carbonyl (C=O) groups is 2. The minimum atomic E-state index is -3.56. The van der Waals surface area contributed by atoms with E-state index in [0.29, 0.717) is 19.4 Å². The van der Waals surface area contributed by atoms with Gasteiger partial charge in [-0.05, 0) is 43.3 Å². The molecule has 0 unspecified atom stereocenters. The summed E-state index contributed by atoms with van der Waals surface area (Å²) in [4.78, 5) is 25.3. The first-order valence-corrected chi connectivity index (χ1v) is 11.7. The van der Waals surface area contributed by atoms with Crippen LogP contribution in [0.15, 0.2) is 46.7 Å². The molecule has 29 heavy (non-hydrogen) atoms. The molecule has 1 aliphatic heterocycles. The Morgan fingerprint density at radius 3 is 2.48 bits per heavy atom. The van der Waals surface area contributed by atoms with Crippen LogP contribution in [0.5, 0.6) is 0 Å². The van der Waals surface area contributed by atoms with Crippen molar-refractivity contribution in [2.24, 2.45) is 5.92 Å². The lowest BCUT2D eigenvalue weighted by Crippen LogP contribution is -2.41. The third-order valence-electron chi connectivity index (χ3n) is 4.83. The van der Waals surface area contributed by atoms with E-state index in [0.717, 1.165) is 10.4 Å². The number of hydrogen-bond acceptors (Lipinski definition) is 6. The number of aryl methyl sites for hydroxylation is 1. The lowest BCUT2D eigenvalue weighted by molar-refractivity contribution is -0.153. The fraction of sp³-hybridized carbons (Fsp3) is 0.400. The van der Waals surface area contributed by atoms with Gasteiger partial charge in [0.05, 0.1) is 17.4 Å². The van der Waals surface area contributed by atoms with E-state index < -0.39 is 21.9 Å². The molecule has 2 heterocycles. The van der Waals surface area contributed by atoms with E-state index in [1.54, 1.807) is 24.3 Å². The molecule has 1 aromatic heterocycles. The van der Waals surface area contributed by atoms with Crippen molar-refractivity contribution in [1.29, 1.82) is 0 Å². The van der Waals surface area contributed by atoms with Crippen molar-refractivity contribution >= 4 is 33.2 Å². The second kappa shape index (κ2) is 9.51. The minimum Gasteiger partial charge on any atom is -0.455 e. The number of amides is 1. The first kappa shape index (κ1) is 21.5. The largest absolute Gasteiger partial charge is 0.455 e. The van der Waals surface area contributed by atoms with Crippen molar-refractivity contribution in [2.75, 3.05) is 19.7 Å². The van der Waals surface area contributed by atoms with Crippen molar-refractivity contribution in [3.63, 3.8) is 0 Å². The highest BCUT2D eigenvalue weighted by molar-refractivity contribution is 7.89. The first-order valence-electron chi connectivity index (χ1n) is 9.39. The molecule has 0 bridgehead atoms. The van der Waals surface area contributed by atoms with E-state index in [2.05, 4.69) is 5.32 Å². The molecule has 1 N–H and O–H groups in total. The van der Waals surface area contributed by atoms with E-state index in [1.807, 2.05) is 24.4 Å². The zero-order chi connectivity index (χ0) is 20.9. The SMILES string of the molecule is Cc1ccc(S(=O)(=O)N2CCC(C(=O)OCC(=O)NCc3cccs3)CC2)cc1. The number of nitrogens with one attached hydrogen (secondary N) is 1. The van der Waals surface area contributed by atoms with Crippen LogP contribution in [0.4, 0.5) is 0 Å². The van der Waals surface area contributed by atoms with Crippen LogP contribution in [0, 0.1) is 12.8 Å². The predicted octanol–water partition coefficient (Wildman–Crippen LogP) is 2.32. The van der Waals surface area contributed by atoms with E-state index in [-0.39, 0.29) is 30.5 Å². The average Bonchev–Trinajstić information content (AvgIpc) is 3.24. The zero-order valence-electron chi connectivity index (χ0n) is 16.2. The van der Waals surface area contributed by atoms with Gasteiger partial charge in [0.25, 0.3) is 5.91 Å². The molecule has 2 aromatic rings. The molecule has 3 rings (SSSR count). The van der Waals surface area contributed by atoms with Crippen molar-refractivity contribution < 1.29 is 22.7 Å². The summed E-state index contributed by atoms with van der Waals surface area (Å²) in [6, 6.07) is 10.5. The van der Waals surface area contributed by atoms with Gasteiger partial charge in [-0.1, -0.05) is 23.8 Å². The average molecular weight is 437 g/mol. The van der Waals surface area contributed by atoms with Crippen molar-refractivity contribution in [2.45, 2.75) is 31.2 Å². The zero-order valence-corrected chi connectivity index (χ0v) is 17.8. The van der Waals surface area contributed by atoms with Crippen LogP contribution < -0.4 is 5.32 Å². The van der Waals surface area contributed by atoms with E-state index in [1.165, 1.54) is 15.6 Å². The molecule has 1 saturated heterocycles. The van der Waals surface area contributed by atoms with Crippen LogP contribution >= 0.6 is 11.3 Å². The second-order valence-electron chi connectivity index (χ2n) is 6.96. The minimum absolute atomic E-state index is 0.251. The van der Waals surface area contributed by atoms with Gasteiger partial charge >= 0.3 is 5.97 Å². The smallest absolute Gasteiger partial charge is 0.309 e. The Hall–Kier alpha value is -2.23. The number of benzene rings is 1. The molecule has 0 saturated carbocycles. The van der Waals surface area contributed by atoms with Crippen molar-refractivity contribution in [1.82, 2.24) is 9.62 Å². The topological polar surface area (TPSA) is 92.8 Å². The van der Waals surface area contributed by atoms with Gasteiger partial charge in [-0.15, -0.1) is 11.3 Å². The second-order valence-corrected chi connectivity index (χ2v) is 9.93. The molecule has 0 spiro atoms. The van der Waals surface area contributed by atoms with Crippen LogP contribution in [0.2, 0.25) is 0 Å². The normalized spacial score (nSPS) is 15.8. The lowest BCUT2D eigenvalue weighted by atomic mass is 9.98. The Bertz CT molecular complexity index is 932. The number of ether oxygens (including phenoxy) is 1. The first-order chi connectivity index (χ1) is 13.9. The molecule has 0 radical (unpaired) electrons. The number of piperidine rings is 1. The quantitative estimate of drug-likeness (QED) is 0.673. The molecular formula is C20H24N2O5S2.